The summed E-state index contributed by atoms with van der Waals surface area (Å²) in [6.07, 6.45) is 5.08. The predicted octanol–water partition coefficient (Wildman–Crippen LogP) is 5.66. The highest BCUT2D eigenvalue weighted by Gasteiger charge is 2.52. The highest BCUT2D eigenvalue weighted by molar-refractivity contribution is 7.99. The summed E-state index contributed by atoms with van der Waals surface area (Å²) >= 11 is 1.46. The third kappa shape index (κ3) is 5.34. The second-order valence-electron chi connectivity index (χ2n) is 9.76. The van der Waals surface area contributed by atoms with E-state index in [1.165, 1.54) is 24.6 Å². The van der Waals surface area contributed by atoms with Crippen molar-refractivity contribution in [3.05, 3.63) is 42.1 Å². The number of hydrogen-bond donors (Lipinski definition) is 4. The number of rotatable bonds is 9. The molecule has 36 heavy (non-hydrogen) atoms. The Balaban J connectivity index is 0.00000133. The molecular weight excluding hydrogens is 474 g/mol. The van der Waals surface area contributed by atoms with Gasteiger partial charge in [0.2, 0.25) is 5.91 Å². The molecule has 3 aromatic rings. The number of H-pyrrole nitrogens is 1. The van der Waals surface area contributed by atoms with Gasteiger partial charge in [-0.15, -0.1) is 0 Å². The number of hydrogen-bond acceptors (Lipinski definition) is 8. The molecule has 3 heterocycles. The average molecular weight is 514 g/mol. The fourth-order valence-corrected chi connectivity index (χ4v) is 5.20. The van der Waals surface area contributed by atoms with Gasteiger partial charge in [-0.25, -0.2) is 9.97 Å². The largest absolute Gasteiger partial charge is 0.386 e. The van der Waals surface area contributed by atoms with Gasteiger partial charge in [0.05, 0.1) is 13.1 Å². The molecule has 3 fully saturated rings. The first-order valence-electron chi connectivity index (χ1n) is 12.2. The zero-order valence-corrected chi connectivity index (χ0v) is 20.4. The van der Waals surface area contributed by atoms with Crippen LogP contribution < -0.4 is 15.5 Å². The second kappa shape index (κ2) is 9.74. The van der Waals surface area contributed by atoms with Crippen molar-refractivity contribution >= 4 is 40.8 Å². The zero-order valence-electron chi connectivity index (χ0n) is 19.6. The first-order valence-corrected chi connectivity index (χ1v) is 13.1. The monoisotopic (exact) mass is 513 g/mol. The van der Waals surface area contributed by atoms with Crippen molar-refractivity contribution in [1.82, 2.24) is 20.2 Å². The van der Waals surface area contributed by atoms with Gasteiger partial charge in [0.25, 0.3) is 0 Å². The number of nitrogens with zero attached hydrogens (tertiary/aromatic N) is 4. The van der Waals surface area contributed by atoms with E-state index in [1.54, 1.807) is 0 Å². The van der Waals surface area contributed by atoms with Crippen LogP contribution in [0.1, 0.15) is 62.3 Å². The lowest BCUT2D eigenvalue weighted by Gasteiger charge is -2.47. The summed E-state index contributed by atoms with van der Waals surface area (Å²) in [5.74, 6) is 3.20. The van der Waals surface area contributed by atoms with Gasteiger partial charge in [-0.1, -0.05) is 14.4 Å². The van der Waals surface area contributed by atoms with Crippen LogP contribution in [-0.2, 0) is 4.79 Å². The molecule has 10 heteroatoms. The molecule has 2 aliphatic carbocycles. The standard InChI is InChI=1S/C25H29N7O2S.CH4.3H2/c1-2-23(33)26-17-7-9-18(10-8-17)35-24-28-20(27-21-11-19(30-31-21)15-3-4-15)12-22(29-24)32-13-25(34,14-32)16-5-6-16;;;;/h7-12,15-16,34H,2-6,13-14H2,1H3,(H,26,33)(H2,27,28,29,30,31);1H4;3*1H. The lowest BCUT2D eigenvalue weighted by molar-refractivity contribution is -0.115. The SMILES string of the molecule is C.CCC(=O)Nc1ccc(Sc2nc(Nc3cc(C4CC4)[nH]n3)cc(N3CC(O)(C4CC4)C3)n2)cc1.[HH].[HH].[HH]. The Morgan fingerprint density at radius 2 is 1.92 bits per heavy atom. The van der Waals surface area contributed by atoms with E-state index in [0.29, 0.717) is 42.3 Å². The van der Waals surface area contributed by atoms with Crippen LogP contribution in [0.15, 0.2) is 46.5 Å². The molecule has 0 bridgehead atoms. The maximum Gasteiger partial charge on any atom is 0.224 e. The molecule has 3 aliphatic rings. The third-order valence-corrected chi connectivity index (χ3v) is 7.70. The molecule has 196 valence electrons. The minimum atomic E-state index is -0.591. The van der Waals surface area contributed by atoms with E-state index in [-0.39, 0.29) is 17.6 Å². The molecule has 9 nitrogen and oxygen atoms in total. The van der Waals surface area contributed by atoms with E-state index in [0.717, 1.165) is 40.8 Å². The Kier molecular flexibility index (Phi) is 6.65. The molecule has 1 saturated heterocycles. The van der Waals surface area contributed by atoms with Crippen LogP contribution in [0, 0.1) is 5.92 Å². The quantitative estimate of drug-likeness (QED) is 0.271. The Hall–Kier alpha value is -3.11. The highest BCUT2D eigenvalue weighted by Crippen LogP contribution is 2.46. The maximum atomic E-state index is 11.6. The summed E-state index contributed by atoms with van der Waals surface area (Å²) in [5.41, 5.74) is 1.33. The molecule has 0 spiro atoms. The molecule has 1 aromatic carbocycles. The van der Waals surface area contributed by atoms with Crippen LogP contribution in [0.5, 0.6) is 0 Å². The first kappa shape index (κ1) is 24.6. The van der Waals surface area contributed by atoms with Gasteiger partial charge in [0.15, 0.2) is 11.0 Å². The van der Waals surface area contributed by atoms with Crippen molar-refractivity contribution in [2.24, 2.45) is 5.92 Å². The van der Waals surface area contributed by atoms with Crippen molar-refractivity contribution < 1.29 is 14.2 Å². The number of aromatic nitrogens is 4. The van der Waals surface area contributed by atoms with E-state index in [4.69, 9.17) is 9.97 Å². The van der Waals surface area contributed by atoms with Crippen LogP contribution in [0.25, 0.3) is 0 Å². The molecule has 1 aliphatic heterocycles. The van der Waals surface area contributed by atoms with E-state index < -0.39 is 5.60 Å². The number of carbonyl (C=O) groups is 1. The van der Waals surface area contributed by atoms with Gasteiger partial charge >= 0.3 is 0 Å². The van der Waals surface area contributed by atoms with Crippen molar-refractivity contribution in [3.63, 3.8) is 0 Å². The van der Waals surface area contributed by atoms with Crippen LogP contribution in [-0.4, -0.2) is 49.9 Å². The lowest BCUT2D eigenvalue weighted by Crippen LogP contribution is -2.63. The Morgan fingerprint density at radius 3 is 2.58 bits per heavy atom. The average Bonchev–Trinajstić information content (AvgIpc) is 3.76. The fraction of sp³-hybridized carbons (Fsp3) is 0.462. The Labute approximate surface area is 220 Å². The first-order chi connectivity index (χ1) is 17.0. The van der Waals surface area contributed by atoms with E-state index in [1.807, 2.05) is 43.3 Å². The number of carbonyl (C=O) groups excluding carboxylic acids is 1. The molecule has 0 radical (unpaired) electrons. The molecule has 1 amide bonds. The van der Waals surface area contributed by atoms with Gasteiger partial charge < -0.3 is 20.6 Å². The second-order valence-corrected chi connectivity index (χ2v) is 10.8. The predicted molar refractivity (Wildman–Crippen MR) is 148 cm³/mol. The summed E-state index contributed by atoms with van der Waals surface area (Å²) < 4.78 is 0. The van der Waals surface area contributed by atoms with E-state index >= 15 is 0 Å². The molecule has 6 rings (SSSR count). The zero-order chi connectivity index (χ0) is 24.0. The normalized spacial score (nSPS) is 18.2. The van der Waals surface area contributed by atoms with Gasteiger partial charge in [0, 0.05) is 45.0 Å². The van der Waals surface area contributed by atoms with Gasteiger partial charge in [0.1, 0.15) is 17.2 Å². The Morgan fingerprint density at radius 1 is 1.17 bits per heavy atom. The number of nitrogens with one attached hydrogen (secondary N) is 3. The van der Waals surface area contributed by atoms with Crippen LogP contribution >= 0.6 is 11.8 Å². The number of aromatic amines is 1. The smallest absolute Gasteiger partial charge is 0.224 e. The molecular formula is C26H39N7O2S. The fourth-order valence-electron chi connectivity index (χ4n) is 4.44. The summed E-state index contributed by atoms with van der Waals surface area (Å²) in [4.78, 5) is 24.2. The van der Waals surface area contributed by atoms with Crippen LogP contribution in [0.4, 0.5) is 23.1 Å². The van der Waals surface area contributed by atoms with Crippen molar-refractivity contribution in [1.29, 1.82) is 0 Å². The molecule has 0 unspecified atom stereocenters. The number of aliphatic hydroxyl groups is 1. The number of β-amino-alcohol motifs (C(OH)–C–C–N with tert-alkyl or cyclic N) is 1. The minimum Gasteiger partial charge on any atom is -0.386 e. The van der Waals surface area contributed by atoms with Crippen LogP contribution in [0.3, 0.4) is 0 Å². The molecule has 2 saturated carbocycles. The summed E-state index contributed by atoms with van der Waals surface area (Å²) in [6.45, 7) is 3.02. The topological polar surface area (TPSA) is 119 Å². The van der Waals surface area contributed by atoms with E-state index in [2.05, 4.69) is 25.7 Å². The Bertz CT molecular complexity index is 1250. The number of benzene rings is 1. The van der Waals surface area contributed by atoms with Crippen molar-refractivity contribution in [2.45, 2.75) is 68.0 Å². The minimum absolute atomic E-state index is 0. The maximum absolute atomic E-state index is 11.6. The molecule has 4 N–H and O–H groups in total. The van der Waals surface area contributed by atoms with Gasteiger partial charge in [-0.05, 0) is 67.6 Å². The highest BCUT2D eigenvalue weighted by atomic mass is 32.2. The van der Waals surface area contributed by atoms with Gasteiger partial charge in [-0.2, -0.15) is 5.10 Å². The lowest BCUT2D eigenvalue weighted by atomic mass is 9.89. The van der Waals surface area contributed by atoms with Crippen molar-refractivity contribution in [3.8, 4) is 0 Å². The number of amides is 1. The third-order valence-electron chi connectivity index (χ3n) is 6.82. The van der Waals surface area contributed by atoms with Crippen LogP contribution in [0.2, 0.25) is 0 Å². The van der Waals surface area contributed by atoms with E-state index in [9.17, 15) is 9.90 Å². The van der Waals surface area contributed by atoms with Gasteiger partial charge in [-0.3, -0.25) is 9.89 Å². The van der Waals surface area contributed by atoms with Crippen molar-refractivity contribution in [2.75, 3.05) is 28.6 Å². The summed E-state index contributed by atoms with van der Waals surface area (Å²) in [5, 5.41) is 25.1. The molecule has 0 atom stereocenters. The molecule has 2 aromatic heterocycles. The number of anilines is 4. The summed E-state index contributed by atoms with van der Waals surface area (Å²) in [6, 6.07) is 11.6. The summed E-state index contributed by atoms with van der Waals surface area (Å²) in [7, 11) is 0.